The highest BCUT2D eigenvalue weighted by Crippen LogP contribution is 2.32. The van der Waals surface area contributed by atoms with Crippen LogP contribution in [0.5, 0.6) is 11.5 Å². The van der Waals surface area contributed by atoms with Crippen molar-refractivity contribution in [2.24, 2.45) is 0 Å². The number of H-pyrrole nitrogens is 1. The van der Waals surface area contributed by atoms with E-state index in [1.165, 1.54) is 0 Å². The molecular weight excluding hydrogens is 318 g/mol. The quantitative estimate of drug-likeness (QED) is 0.600. The Balaban J connectivity index is 1.67. The van der Waals surface area contributed by atoms with E-state index in [1.807, 2.05) is 42.6 Å². The van der Waals surface area contributed by atoms with Crippen molar-refractivity contribution in [2.75, 3.05) is 14.2 Å². The second-order valence-electron chi connectivity index (χ2n) is 5.62. The highest BCUT2D eigenvalue weighted by Gasteiger charge is 2.16. The number of nitrogens with zero attached hydrogens (tertiary/aromatic N) is 2. The zero-order chi connectivity index (χ0) is 17.2. The summed E-state index contributed by atoms with van der Waals surface area (Å²) in [6.07, 6.45) is 2.56. The van der Waals surface area contributed by atoms with Crippen LogP contribution in [0.2, 0.25) is 0 Å². The Morgan fingerprint density at radius 1 is 1.08 bits per heavy atom. The monoisotopic (exact) mass is 335 g/mol. The average molecular weight is 335 g/mol. The van der Waals surface area contributed by atoms with Gasteiger partial charge in [0.05, 0.1) is 19.8 Å². The van der Waals surface area contributed by atoms with Gasteiger partial charge in [-0.1, -0.05) is 23.4 Å². The molecule has 0 aliphatic rings. The van der Waals surface area contributed by atoms with Gasteiger partial charge in [0.2, 0.25) is 0 Å². The normalized spacial score (nSPS) is 11.0. The van der Waals surface area contributed by atoms with Gasteiger partial charge in [0.25, 0.3) is 5.89 Å². The molecule has 0 aliphatic carbocycles. The van der Waals surface area contributed by atoms with Crippen LogP contribution in [0.3, 0.4) is 0 Å². The van der Waals surface area contributed by atoms with Gasteiger partial charge in [-0.05, 0) is 29.8 Å². The molecule has 2 aromatic heterocycles. The number of methoxy groups -OCH3 is 2. The molecule has 126 valence electrons. The number of benzene rings is 2. The lowest BCUT2D eigenvalue weighted by atomic mass is 10.1. The molecular formula is C19H17N3O3. The molecule has 0 aliphatic heterocycles. The Hall–Kier alpha value is -3.28. The van der Waals surface area contributed by atoms with Gasteiger partial charge in [-0.3, -0.25) is 0 Å². The van der Waals surface area contributed by atoms with Crippen molar-refractivity contribution >= 4 is 10.9 Å². The first-order valence-corrected chi connectivity index (χ1v) is 7.88. The summed E-state index contributed by atoms with van der Waals surface area (Å²) in [5.74, 6) is 2.38. The van der Waals surface area contributed by atoms with Crippen LogP contribution in [0.25, 0.3) is 22.4 Å². The molecule has 0 atom stereocenters. The minimum absolute atomic E-state index is 0.408. The van der Waals surface area contributed by atoms with Gasteiger partial charge in [-0.25, -0.2) is 0 Å². The molecule has 0 unspecified atom stereocenters. The minimum atomic E-state index is 0.408. The third-order valence-electron chi connectivity index (χ3n) is 4.13. The molecule has 25 heavy (non-hydrogen) atoms. The first-order chi connectivity index (χ1) is 12.3. The SMILES string of the molecule is COc1ccc(OC)c(-c2nc(Cc3c[nH]c4ccccc34)no2)c1. The van der Waals surface area contributed by atoms with Crippen LogP contribution < -0.4 is 9.47 Å². The van der Waals surface area contributed by atoms with E-state index in [-0.39, 0.29) is 0 Å². The van der Waals surface area contributed by atoms with Crippen LogP contribution >= 0.6 is 0 Å². The van der Waals surface area contributed by atoms with Crippen LogP contribution in [0.1, 0.15) is 11.4 Å². The van der Waals surface area contributed by atoms with Crippen molar-refractivity contribution in [3.8, 4) is 23.0 Å². The smallest absolute Gasteiger partial charge is 0.261 e. The molecule has 0 radical (unpaired) electrons. The minimum Gasteiger partial charge on any atom is -0.497 e. The molecule has 4 rings (SSSR count). The van der Waals surface area contributed by atoms with Crippen molar-refractivity contribution < 1.29 is 14.0 Å². The number of aromatic amines is 1. The second kappa shape index (κ2) is 6.32. The van der Waals surface area contributed by atoms with Gasteiger partial charge in [-0.15, -0.1) is 0 Å². The van der Waals surface area contributed by atoms with E-state index < -0.39 is 0 Å². The fourth-order valence-corrected chi connectivity index (χ4v) is 2.86. The maximum Gasteiger partial charge on any atom is 0.261 e. The predicted molar refractivity (Wildman–Crippen MR) is 93.9 cm³/mol. The van der Waals surface area contributed by atoms with Crippen molar-refractivity contribution in [1.82, 2.24) is 15.1 Å². The number of hydrogen-bond acceptors (Lipinski definition) is 5. The standard InChI is InChI=1S/C19H17N3O3/c1-23-13-7-8-17(24-2)15(10-13)19-21-18(22-25-19)9-12-11-20-16-6-4-3-5-14(12)16/h3-8,10-11,20H,9H2,1-2H3. The zero-order valence-electron chi connectivity index (χ0n) is 13.9. The molecule has 2 heterocycles. The molecule has 1 N–H and O–H groups in total. The lowest BCUT2D eigenvalue weighted by molar-refractivity contribution is 0.396. The summed E-state index contributed by atoms with van der Waals surface area (Å²) in [6.45, 7) is 0. The molecule has 0 spiro atoms. The number of ether oxygens (including phenoxy) is 2. The Morgan fingerprint density at radius 3 is 2.80 bits per heavy atom. The van der Waals surface area contributed by atoms with E-state index in [4.69, 9.17) is 14.0 Å². The molecule has 0 bridgehead atoms. The third kappa shape index (κ3) is 2.82. The fourth-order valence-electron chi connectivity index (χ4n) is 2.86. The maximum absolute atomic E-state index is 5.45. The molecule has 0 saturated heterocycles. The van der Waals surface area contributed by atoms with Gasteiger partial charge < -0.3 is 19.0 Å². The molecule has 0 fully saturated rings. The Bertz CT molecular complexity index is 1020. The summed E-state index contributed by atoms with van der Waals surface area (Å²) >= 11 is 0. The molecule has 0 amide bonds. The molecule has 6 nitrogen and oxygen atoms in total. The highest BCUT2D eigenvalue weighted by molar-refractivity contribution is 5.83. The van der Waals surface area contributed by atoms with E-state index in [2.05, 4.69) is 21.2 Å². The Morgan fingerprint density at radius 2 is 1.96 bits per heavy atom. The third-order valence-corrected chi connectivity index (χ3v) is 4.13. The zero-order valence-corrected chi connectivity index (χ0v) is 13.9. The van der Waals surface area contributed by atoms with Crippen molar-refractivity contribution in [1.29, 1.82) is 0 Å². The van der Waals surface area contributed by atoms with Crippen LogP contribution in [0, 0.1) is 0 Å². The summed E-state index contributed by atoms with van der Waals surface area (Å²) in [4.78, 5) is 7.78. The largest absolute Gasteiger partial charge is 0.497 e. The van der Waals surface area contributed by atoms with Gasteiger partial charge >= 0.3 is 0 Å². The van der Waals surface area contributed by atoms with E-state index in [1.54, 1.807) is 14.2 Å². The molecule has 4 aromatic rings. The average Bonchev–Trinajstić information content (AvgIpc) is 3.29. The first kappa shape index (κ1) is 15.3. The lowest BCUT2D eigenvalue weighted by Crippen LogP contribution is -1.92. The number of hydrogen-bond donors (Lipinski definition) is 1. The Labute approximate surface area is 144 Å². The number of fused-ring (bicyclic) bond motifs is 1. The summed E-state index contributed by atoms with van der Waals surface area (Å²) in [7, 11) is 3.22. The van der Waals surface area contributed by atoms with Gasteiger partial charge in [-0.2, -0.15) is 4.98 Å². The van der Waals surface area contributed by atoms with Gasteiger partial charge in [0, 0.05) is 23.5 Å². The van der Waals surface area contributed by atoms with E-state index >= 15 is 0 Å². The van der Waals surface area contributed by atoms with E-state index in [0.29, 0.717) is 35.2 Å². The highest BCUT2D eigenvalue weighted by atomic mass is 16.5. The Kier molecular flexibility index (Phi) is 3.85. The number of nitrogens with one attached hydrogen (secondary N) is 1. The summed E-state index contributed by atoms with van der Waals surface area (Å²) in [6, 6.07) is 13.6. The molecule has 6 heteroatoms. The summed E-state index contributed by atoms with van der Waals surface area (Å²) in [5, 5.41) is 5.27. The van der Waals surface area contributed by atoms with Crippen LogP contribution in [-0.4, -0.2) is 29.3 Å². The maximum atomic E-state index is 5.45. The second-order valence-corrected chi connectivity index (χ2v) is 5.62. The first-order valence-electron chi connectivity index (χ1n) is 7.88. The topological polar surface area (TPSA) is 73.2 Å². The number of aromatic nitrogens is 3. The number of para-hydroxylation sites is 1. The van der Waals surface area contributed by atoms with Crippen LogP contribution in [0.15, 0.2) is 53.2 Å². The van der Waals surface area contributed by atoms with Crippen molar-refractivity contribution in [3.05, 3.63) is 60.0 Å². The van der Waals surface area contributed by atoms with E-state index in [9.17, 15) is 0 Å². The van der Waals surface area contributed by atoms with Crippen molar-refractivity contribution in [3.63, 3.8) is 0 Å². The summed E-state index contributed by atoms with van der Waals surface area (Å²) < 4.78 is 16.1. The van der Waals surface area contributed by atoms with Crippen molar-refractivity contribution in [2.45, 2.75) is 6.42 Å². The van der Waals surface area contributed by atoms with Gasteiger partial charge in [0.15, 0.2) is 5.82 Å². The molecule has 2 aromatic carbocycles. The van der Waals surface area contributed by atoms with Gasteiger partial charge in [0.1, 0.15) is 11.5 Å². The summed E-state index contributed by atoms with van der Waals surface area (Å²) in [5.41, 5.74) is 2.93. The fraction of sp³-hybridized carbons (Fsp3) is 0.158. The lowest BCUT2D eigenvalue weighted by Gasteiger charge is -2.06. The number of rotatable bonds is 5. The van der Waals surface area contributed by atoms with Crippen LogP contribution in [-0.2, 0) is 6.42 Å². The van der Waals surface area contributed by atoms with E-state index in [0.717, 1.165) is 16.5 Å². The predicted octanol–water partition coefficient (Wildman–Crippen LogP) is 3.83. The van der Waals surface area contributed by atoms with Crippen LogP contribution in [0.4, 0.5) is 0 Å². The molecule has 0 saturated carbocycles.